The number of aromatic nitrogens is 2. The fourth-order valence-electron chi connectivity index (χ4n) is 3.44. The fourth-order valence-corrected chi connectivity index (χ4v) is 4.17. The molecular formula is C14H22N4OS. The van der Waals surface area contributed by atoms with E-state index < -0.39 is 0 Å². The second kappa shape index (κ2) is 6.08. The molecule has 0 spiro atoms. The quantitative estimate of drug-likeness (QED) is 0.927. The maximum Gasteiger partial charge on any atom is 0.285 e. The normalized spacial score (nSPS) is 25.6. The van der Waals surface area contributed by atoms with Crippen LogP contribution in [-0.2, 0) is 0 Å². The maximum atomic E-state index is 12.6. The van der Waals surface area contributed by atoms with Crippen LogP contribution in [0.3, 0.4) is 0 Å². The van der Waals surface area contributed by atoms with Gasteiger partial charge in [-0.3, -0.25) is 4.79 Å². The van der Waals surface area contributed by atoms with Crippen LogP contribution in [0.4, 0.5) is 5.13 Å². The van der Waals surface area contributed by atoms with E-state index in [1.165, 1.54) is 30.6 Å². The predicted octanol–water partition coefficient (Wildman–Crippen LogP) is 2.76. The lowest BCUT2D eigenvalue weighted by Crippen LogP contribution is -2.46. The second-order valence-corrected chi connectivity index (χ2v) is 6.72. The number of anilines is 1. The Kier molecular flexibility index (Phi) is 4.19. The number of rotatable bonds is 4. The van der Waals surface area contributed by atoms with Crippen molar-refractivity contribution >= 4 is 22.4 Å². The van der Waals surface area contributed by atoms with E-state index in [2.05, 4.69) is 27.3 Å². The Morgan fingerprint density at radius 2 is 2.20 bits per heavy atom. The average molecular weight is 294 g/mol. The molecule has 20 heavy (non-hydrogen) atoms. The minimum absolute atomic E-state index is 0.0867. The van der Waals surface area contributed by atoms with Gasteiger partial charge in [0.1, 0.15) is 0 Å². The summed E-state index contributed by atoms with van der Waals surface area (Å²) < 4.78 is 0. The lowest BCUT2D eigenvalue weighted by Gasteiger charge is -2.37. The van der Waals surface area contributed by atoms with E-state index in [1.807, 2.05) is 0 Å². The Balaban J connectivity index is 1.69. The van der Waals surface area contributed by atoms with E-state index in [9.17, 15) is 4.79 Å². The summed E-state index contributed by atoms with van der Waals surface area (Å²) in [5.74, 6) is 0.807. The number of amides is 1. The Labute approximate surface area is 123 Å². The molecule has 1 aromatic heterocycles. The third-order valence-electron chi connectivity index (χ3n) is 4.39. The number of likely N-dealkylation sites (tertiary alicyclic amines) is 1. The van der Waals surface area contributed by atoms with Crippen LogP contribution >= 0.6 is 11.3 Å². The summed E-state index contributed by atoms with van der Waals surface area (Å²) in [4.78, 5) is 14.7. The molecular weight excluding hydrogens is 272 g/mol. The summed E-state index contributed by atoms with van der Waals surface area (Å²) in [5, 5.41) is 12.6. The number of fused-ring (bicyclic) bond motifs is 1. The molecule has 0 bridgehead atoms. The molecule has 110 valence electrons. The molecule has 5 nitrogen and oxygen atoms in total. The topological polar surface area (TPSA) is 58.1 Å². The van der Waals surface area contributed by atoms with E-state index >= 15 is 0 Å². The summed E-state index contributed by atoms with van der Waals surface area (Å²) in [7, 11) is 0. The molecule has 1 aliphatic carbocycles. The summed E-state index contributed by atoms with van der Waals surface area (Å²) in [6.45, 7) is 3.86. The summed E-state index contributed by atoms with van der Waals surface area (Å²) in [6.07, 6.45) is 7.17. The van der Waals surface area contributed by atoms with Gasteiger partial charge in [0.25, 0.3) is 5.91 Å². The van der Waals surface area contributed by atoms with Gasteiger partial charge < -0.3 is 10.2 Å². The minimum atomic E-state index is 0.0867. The van der Waals surface area contributed by atoms with Gasteiger partial charge >= 0.3 is 0 Å². The number of nitrogens with zero attached hydrogens (tertiary/aromatic N) is 3. The van der Waals surface area contributed by atoms with Gasteiger partial charge in [-0.1, -0.05) is 24.7 Å². The fraction of sp³-hybridized carbons (Fsp3) is 0.786. The molecule has 1 saturated carbocycles. The zero-order valence-corrected chi connectivity index (χ0v) is 12.8. The zero-order chi connectivity index (χ0) is 13.9. The molecule has 1 N–H and O–H groups in total. The van der Waals surface area contributed by atoms with E-state index in [0.717, 1.165) is 43.4 Å². The van der Waals surface area contributed by atoms with Gasteiger partial charge in [-0.25, -0.2) is 0 Å². The average Bonchev–Trinajstić information content (AvgIpc) is 3.12. The largest absolute Gasteiger partial charge is 0.360 e. The van der Waals surface area contributed by atoms with Crippen LogP contribution in [0.2, 0.25) is 0 Å². The first-order chi connectivity index (χ1) is 9.79. The van der Waals surface area contributed by atoms with Crippen molar-refractivity contribution in [3.8, 4) is 0 Å². The van der Waals surface area contributed by atoms with Gasteiger partial charge in [-0.05, 0) is 38.0 Å². The molecule has 2 heterocycles. The van der Waals surface area contributed by atoms with E-state index in [4.69, 9.17) is 0 Å². The van der Waals surface area contributed by atoms with Crippen LogP contribution in [0.15, 0.2) is 0 Å². The van der Waals surface area contributed by atoms with Crippen molar-refractivity contribution < 1.29 is 4.79 Å². The number of nitrogens with one attached hydrogen (secondary N) is 1. The molecule has 0 aromatic carbocycles. The van der Waals surface area contributed by atoms with Crippen LogP contribution in [-0.4, -0.2) is 40.1 Å². The van der Waals surface area contributed by atoms with Gasteiger partial charge in [0.15, 0.2) is 0 Å². The van der Waals surface area contributed by atoms with Gasteiger partial charge in [-0.15, -0.1) is 10.2 Å². The number of piperidine rings is 1. The first kappa shape index (κ1) is 13.8. The molecule has 1 aromatic rings. The van der Waals surface area contributed by atoms with E-state index in [-0.39, 0.29) is 5.91 Å². The third-order valence-corrected chi connectivity index (χ3v) is 5.26. The highest BCUT2D eigenvalue weighted by molar-refractivity contribution is 7.17. The molecule has 2 aliphatic rings. The van der Waals surface area contributed by atoms with Crippen molar-refractivity contribution in [1.82, 2.24) is 15.1 Å². The highest BCUT2D eigenvalue weighted by Gasteiger charge is 2.38. The minimum Gasteiger partial charge on any atom is -0.360 e. The molecule has 2 unspecified atom stereocenters. The molecule has 1 saturated heterocycles. The van der Waals surface area contributed by atoms with Crippen molar-refractivity contribution in [2.24, 2.45) is 5.92 Å². The molecule has 1 aliphatic heterocycles. The van der Waals surface area contributed by atoms with Crippen LogP contribution in [0.25, 0.3) is 0 Å². The lowest BCUT2D eigenvalue weighted by atomic mass is 9.92. The van der Waals surface area contributed by atoms with Crippen molar-refractivity contribution in [3.05, 3.63) is 5.01 Å². The number of hydrogen-bond acceptors (Lipinski definition) is 5. The highest BCUT2D eigenvalue weighted by Crippen LogP contribution is 2.37. The summed E-state index contributed by atoms with van der Waals surface area (Å²) in [6, 6.07) is 0.451. The van der Waals surface area contributed by atoms with Crippen LogP contribution in [0.1, 0.15) is 55.3 Å². The van der Waals surface area contributed by atoms with Crippen LogP contribution in [0, 0.1) is 5.92 Å². The number of carbonyl (C=O) groups excluding carboxylic acids is 1. The lowest BCUT2D eigenvalue weighted by molar-refractivity contribution is 0.0547. The van der Waals surface area contributed by atoms with E-state index in [0.29, 0.717) is 11.0 Å². The zero-order valence-electron chi connectivity index (χ0n) is 12.0. The SMILES string of the molecule is CCCNc1nnc(C(=O)N2CCCC3CCCC32)s1. The standard InChI is InChI=1S/C14H22N4OS/c1-2-8-15-14-17-16-12(20-14)13(19)18-9-4-6-10-5-3-7-11(10)18/h10-11H,2-9H2,1H3,(H,15,17). The molecule has 0 radical (unpaired) electrons. The molecule has 2 atom stereocenters. The van der Waals surface area contributed by atoms with Gasteiger partial charge in [0.2, 0.25) is 10.1 Å². The Bertz CT molecular complexity index is 475. The Hall–Kier alpha value is -1.17. The first-order valence-corrected chi connectivity index (χ1v) is 8.49. The van der Waals surface area contributed by atoms with Gasteiger partial charge in [-0.2, -0.15) is 0 Å². The van der Waals surface area contributed by atoms with Gasteiger partial charge in [0.05, 0.1) is 0 Å². The van der Waals surface area contributed by atoms with Crippen molar-refractivity contribution in [3.63, 3.8) is 0 Å². The highest BCUT2D eigenvalue weighted by atomic mass is 32.1. The van der Waals surface area contributed by atoms with Crippen LogP contribution < -0.4 is 5.32 Å². The van der Waals surface area contributed by atoms with Crippen molar-refractivity contribution in [2.75, 3.05) is 18.4 Å². The monoisotopic (exact) mass is 294 g/mol. The molecule has 2 fully saturated rings. The first-order valence-electron chi connectivity index (χ1n) is 7.68. The molecule has 1 amide bonds. The number of hydrogen-bond donors (Lipinski definition) is 1. The summed E-state index contributed by atoms with van der Waals surface area (Å²) in [5.41, 5.74) is 0. The van der Waals surface area contributed by atoms with E-state index in [1.54, 1.807) is 0 Å². The van der Waals surface area contributed by atoms with Crippen molar-refractivity contribution in [1.29, 1.82) is 0 Å². The third kappa shape index (κ3) is 2.66. The smallest absolute Gasteiger partial charge is 0.285 e. The Morgan fingerprint density at radius 3 is 3.05 bits per heavy atom. The maximum absolute atomic E-state index is 12.6. The number of carbonyl (C=O) groups is 1. The van der Waals surface area contributed by atoms with Gasteiger partial charge in [0, 0.05) is 19.1 Å². The van der Waals surface area contributed by atoms with Crippen molar-refractivity contribution in [2.45, 2.75) is 51.5 Å². The predicted molar refractivity (Wildman–Crippen MR) is 80.1 cm³/mol. The molecule has 3 rings (SSSR count). The summed E-state index contributed by atoms with van der Waals surface area (Å²) >= 11 is 1.38. The van der Waals surface area contributed by atoms with Crippen LogP contribution in [0.5, 0.6) is 0 Å². The second-order valence-electron chi connectivity index (χ2n) is 5.74. The molecule has 6 heteroatoms. The Morgan fingerprint density at radius 1 is 1.35 bits per heavy atom.